The molecule has 4 heteroatoms. The Morgan fingerprint density at radius 3 is 3.00 bits per heavy atom. The molecular weight excluding hydrogens is 216 g/mol. The van der Waals surface area contributed by atoms with E-state index in [4.69, 9.17) is 4.42 Å². The Morgan fingerprint density at radius 1 is 1.59 bits per heavy atom. The monoisotopic (exact) mass is 236 g/mol. The van der Waals surface area contributed by atoms with Crippen LogP contribution in [0.1, 0.15) is 37.3 Å². The van der Waals surface area contributed by atoms with Crippen molar-refractivity contribution in [3.63, 3.8) is 0 Å². The lowest BCUT2D eigenvalue weighted by molar-refractivity contribution is -0.126. The molecular formula is C13H20N2O2. The summed E-state index contributed by atoms with van der Waals surface area (Å²) < 4.78 is 5.50. The highest BCUT2D eigenvalue weighted by Crippen LogP contribution is 2.17. The molecule has 0 aliphatic carbocycles. The van der Waals surface area contributed by atoms with Crippen molar-refractivity contribution in [3.05, 3.63) is 23.7 Å². The predicted octanol–water partition coefficient (Wildman–Crippen LogP) is 1.76. The molecule has 0 saturated carbocycles. The van der Waals surface area contributed by atoms with Gasteiger partial charge in [0.1, 0.15) is 11.5 Å². The zero-order valence-corrected chi connectivity index (χ0v) is 10.5. The van der Waals surface area contributed by atoms with E-state index < -0.39 is 0 Å². The van der Waals surface area contributed by atoms with Crippen LogP contribution >= 0.6 is 0 Å². The molecule has 17 heavy (non-hydrogen) atoms. The molecule has 1 aromatic heterocycles. The average Bonchev–Trinajstić information content (AvgIpc) is 2.77. The molecule has 2 atom stereocenters. The summed E-state index contributed by atoms with van der Waals surface area (Å²) in [5.74, 6) is 1.92. The second-order valence-electron chi connectivity index (χ2n) is 4.72. The van der Waals surface area contributed by atoms with Crippen molar-refractivity contribution >= 4 is 5.91 Å². The Balaban J connectivity index is 1.89. The third-order valence-corrected chi connectivity index (χ3v) is 3.21. The van der Waals surface area contributed by atoms with Gasteiger partial charge in [0.05, 0.1) is 12.0 Å². The fourth-order valence-corrected chi connectivity index (χ4v) is 2.16. The highest BCUT2D eigenvalue weighted by atomic mass is 16.3. The summed E-state index contributed by atoms with van der Waals surface area (Å²) in [5.41, 5.74) is 0. The van der Waals surface area contributed by atoms with Crippen LogP contribution in [0.15, 0.2) is 16.5 Å². The van der Waals surface area contributed by atoms with Gasteiger partial charge in [-0.05, 0) is 45.4 Å². The number of aryl methyl sites for hydroxylation is 1. The van der Waals surface area contributed by atoms with E-state index in [1.54, 1.807) is 0 Å². The van der Waals surface area contributed by atoms with Crippen LogP contribution in [0.25, 0.3) is 0 Å². The molecule has 4 nitrogen and oxygen atoms in total. The van der Waals surface area contributed by atoms with E-state index in [0.29, 0.717) is 0 Å². The molecule has 1 aliphatic rings. The van der Waals surface area contributed by atoms with Crippen LogP contribution in [0.4, 0.5) is 0 Å². The second kappa shape index (κ2) is 5.36. The molecule has 2 heterocycles. The Labute approximate surface area is 102 Å². The van der Waals surface area contributed by atoms with Gasteiger partial charge in [0.15, 0.2) is 0 Å². The van der Waals surface area contributed by atoms with Crippen molar-refractivity contribution in [1.29, 1.82) is 0 Å². The summed E-state index contributed by atoms with van der Waals surface area (Å²) in [7, 11) is 0. The van der Waals surface area contributed by atoms with E-state index in [1.165, 1.54) is 0 Å². The van der Waals surface area contributed by atoms with Gasteiger partial charge >= 0.3 is 0 Å². The number of amides is 1. The molecule has 1 unspecified atom stereocenters. The lowest BCUT2D eigenvalue weighted by Gasteiger charge is -2.23. The quantitative estimate of drug-likeness (QED) is 0.841. The van der Waals surface area contributed by atoms with Crippen molar-refractivity contribution in [2.45, 2.75) is 32.7 Å². The Hall–Kier alpha value is -1.29. The molecule has 1 aliphatic heterocycles. The summed E-state index contributed by atoms with van der Waals surface area (Å²) in [6.45, 7) is 5.67. The summed E-state index contributed by atoms with van der Waals surface area (Å²) in [6, 6.07) is 3.78. The van der Waals surface area contributed by atoms with Crippen LogP contribution in [0, 0.1) is 12.8 Å². The number of hydrogen-bond acceptors (Lipinski definition) is 3. The number of carbonyl (C=O) groups is 1. The molecule has 94 valence electrons. The molecule has 2 N–H and O–H groups in total. The fourth-order valence-electron chi connectivity index (χ4n) is 2.16. The Bertz CT molecular complexity index is 381. The molecule has 0 radical (unpaired) electrons. The Morgan fingerprint density at radius 2 is 2.41 bits per heavy atom. The maximum absolute atomic E-state index is 12.0. The topological polar surface area (TPSA) is 54.3 Å². The van der Waals surface area contributed by atoms with Gasteiger partial charge in [0.2, 0.25) is 5.91 Å². The summed E-state index contributed by atoms with van der Waals surface area (Å²) in [4.78, 5) is 12.0. The molecule has 1 amide bonds. The fraction of sp³-hybridized carbons (Fsp3) is 0.615. The minimum atomic E-state index is -0.0573. The third kappa shape index (κ3) is 3.09. The number of rotatable bonds is 3. The number of nitrogens with one attached hydrogen (secondary N) is 2. The van der Waals surface area contributed by atoms with Gasteiger partial charge in [-0.2, -0.15) is 0 Å². The largest absolute Gasteiger partial charge is 0.464 e. The second-order valence-corrected chi connectivity index (χ2v) is 4.72. The van der Waals surface area contributed by atoms with Crippen LogP contribution in [0.5, 0.6) is 0 Å². The van der Waals surface area contributed by atoms with Crippen LogP contribution in [0.3, 0.4) is 0 Å². The van der Waals surface area contributed by atoms with Crippen LogP contribution in [-0.2, 0) is 4.79 Å². The number of carbonyl (C=O) groups excluding carboxylic acids is 1. The van der Waals surface area contributed by atoms with Crippen molar-refractivity contribution in [2.75, 3.05) is 13.1 Å². The van der Waals surface area contributed by atoms with Gasteiger partial charge in [-0.3, -0.25) is 4.79 Å². The zero-order valence-electron chi connectivity index (χ0n) is 10.5. The van der Waals surface area contributed by atoms with Crippen molar-refractivity contribution in [3.8, 4) is 0 Å². The predicted molar refractivity (Wildman–Crippen MR) is 65.6 cm³/mol. The van der Waals surface area contributed by atoms with Gasteiger partial charge < -0.3 is 15.1 Å². The number of piperidine rings is 1. The van der Waals surface area contributed by atoms with E-state index in [0.717, 1.165) is 37.5 Å². The molecule has 2 rings (SSSR count). The zero-order chi connectivity index (χ0) is 12.3. The first-order valence-corrected chi connectivity index (χ1v) is 6.24. The summed E-state index contributed by atoms with van der Waals surface area (Å²) >= 11 is 0. The Kier molecular flexibility index (Phi) is 3.84. The molecule has 1 fully saturated rings. The first-order chi connectivity index (χ1) is 8.16. The molecule has 1 saturated heterocycles. The van der Waals surface area contributed by atoms with E-state index in [9.17, 15) is 4.79 Å². The highest BCUT2D eigenvalue weighted by Gasteiger charge is 2.23. The number of hydrogen-bond donors (Lipinski definition) is 2. The van der Waals surface area contributed by atoms with E-state index in [2.05, 4.69) is 10.6 Å². The SMILES string of the molecule is Cc1ccc(C(C)NC(=O)[C@@H]2CCCNC2)o1. The van der Waals surface area contributed by atoms with Crippen molar-refractivity contribution in [2.24, 2.45) is 5.92 Å². The lowest BCUT2D eigenvalue weighted by Crippen LogP contribution is -2.41. The first kappa shape index (κ1) is 12.2. The van der Waals surface area contributed by atoms with Gasteiger partial charge in [-0.25, -0.2) is 0 Å². The number of furan rings is 1. The van der Waals surface area contributed by atoms with Crippen LogP contribution in [0.2, 0.25) is 0 Å². The maximum Gasteiger partial charge on any atom is 0.224 e. The standard InChI is InChI=1S/C13H20N2O2/c1-9-5-6-12(17-9)10(2)15-13(16)11-4-3-7-14-8-11/h5-6,10-11,14H,3-4,7-8H2,1-2H3,(H,15,16)/t10?,11-/m1/s1. The minimum absolute atomic E-state index is 0.0573. The van der Waals surface area contributed by atoms with Crippen molar-refractivity contribution in [1.82, 2.24) is 10.6 Å². The van der Waals surface area contributed by atoms with Gasteiger partial charge in [-0.1, -0.05) is 0 Å². The summed E-state index contributed by atoms with van der Waals surface area (Å²) in [5, 5.41) is 6.26. The first-order valence-electron chi connectivity index (χ1n) is 6.24. The summed E-state index contributed by atoms with van der Waals surface area (Å²) in [6.07, 6.45) is 2.05. The van der Waals surface area contributed by atoms with Crippen LogP contribution in [-0.4, -0.2) is 19.0 Å². The smallest absolute Gasteiger partial charge is 0.224 e. The van der Waals surface area contributed by atoms with Gasteiger partial charge in [0.25, 0.3) is 0 Å². The molecule has 0 spiro atoms. The average molecular weight is 236 g/mol. The molecule has 1 aromatic rings. The van der Waals surface area contributed by atoms with E-state index in [1.807, 2.05) is 26.0 Å². The van der Waals surface area contributed by atoms with Crippen molar-refractivity contribution < 1.29 is 9.21 Å². The van der Waals surface area contributed by atoms with Gasteiger partial charge in [-0.15, -0.1) is 0 Å². The van der Waals surface area contributed by atoms with E-state index >= 15 is 0 Å². The van der Waals surface area contributed by atoms with Gasteiger partial charge in [0, 0.05) is 6.54 Å². The maximum atomic E-state index is 12.0. The minimum Gasteiger partial charge on any atom is -0.464 e. The van der Waals surface area contributed by atoms with Crippen LogP contribution < -0.4 is 10.6 Å². The normalized spacial score (nSPS) is 22.1. The molecule has 0 bridgehead atoms. The highest BCUT2D eigenvalue weighted by molar-refractivity contribution is 5.79. The lowest BCUT2D eigenvalue weighted by atomic mass is 9.98. The molecule has 0 aromatic carbocycles. The van der Waals surface area contributed by atoms with E-state index in [-0.39, 0.29) is 17.9 Å². The third-order valence-electron chi connectivity index (χ3n) is 3.21.